The number of benzene rings is 1. The van der Waals surface area contributed by atoms with Crippen LogP contribution >= 0.6 is 0 Å². The molecule has 28 heavy (non-hydrogen) atoms. The molecule has 0 radical (unpaired) electrons. The molecule has 0 saturated carbocycles. The van der Waals surface area contributed by atoms with Gasteiger partial charge in [0.25, 0.3) is 11.8 Å². The van der Waals surface area contributed by atoms with Crippen LogP contribution in [-0.2, 0) is 4.79 Å². The highest BCUT2D eigenvalue weighted by Crippen LogP contribution is 2.17. The average molecular weight is 383 g/mol. The Kier molecular flexibility index (Phi) is 7.81. The van der Waals surface area contributed by atoms with Gasteiger partial charge in [-0.05, 0) is 37.1 Å². The number of amides is 2. The van der Waals surface area contributed by atoms with E-state index in [0.29, 0.717) is 17.2 Å². The van der Waals surface area contributed by atoms with E-state index >= 15 is 0 Å². The minimum Gasteiger partial charge on any atom is -0.481 e. The number of nitrogens with two attached hydrogens (primary N) is 1. The number of nitrogens with one attached hydrogen (secondary N) is 2. The van der Waals surface area contributed by atoms with Gasteiger partial charge < -0.3 is 15.8 Å². The maximum Gasteiger partial charge on any atom is 0.267 e. The third-order valence-electron chi connectivity index (χ3n) is 4.31. The quantitative estimate of drug-likeness (QED) is 0.337. The predicted octanol–water partition coefficient (Wildman–Crippen LogP) is 1.40. The third kappa shape index (κ3) is 5.98. The van der Waals surface area contributed by atoms with E-state index in [2.05, 4.69) is 36.2 Å². The molecular formula is C21H25N3O4. The van der Waals surface area contributed by atoms with Crippen molar-refractivity contribution in [2.24, 2.45) is 17.6 Å². The van der Waals surface area contributed by atoms with Crippen molar-refractivity contribution >= 4 is 11.8 Å². The van der Waals surface area contributed by atoms with Crippen molar-refractivity contribution in [1.29, 1.82) is 0 Å². The monoisotopic (exact) mass is 383 g/mol. The summed E-state index contributed by atoms with van der Waals surface area (Å²) in [5, 5.41) is 11.2. The van der Waals surface area contributed by atoms with Crippen LogP contribution in [-0.4, -0.2) is 35.7 Å². The number of rotatable bonds is 6. The fourth-order valence-corrected chi connectivity index (χ4v) is 2.61. The lowest BCUT2D eigenvalue weighted by molar-refractivity contribution is -0.131. The molecule has 5 N–H and O–H groups in total. The number of hydrogen-bond donors (Lipinski definition) is 4. The van der Waals surface area contributed by atoms with Gasteiger partial charge in [0.1, 0.15) is 18.4 Å². The maximum absolute atomic E-state index is 12.3. The van der Waals surface area contributed by atoms with Crippen LogP contribution in [0.4, 0.5) is 0 Å². The van der Waals surface area contributed by atoms with Crippen molar-refractivity contribution in [2.75, 3.05) is 6.61 Å². The van der Waals surface area contributed by atoms with Crippen LogP contribution in [0.5, 0.6) is 5.75 Å². The third-order valence-corrected chi connectivity index (χ3v) is 4.31. The zero-order valence-electron chi connectivity index (χ0n) is 15.9. The molecule has 4 atom stereocenters. The van der Waals surface area contributed by atoms with Gasteiger partial charge in [-0.3, -0.25) is 14.8 Å². The summed E-state index contributed by atoms with van der Waals surface area (Å²) in [7, 11) is 0. The Morgan fingerprint density at radius 3 is 2.54 bits per heavy atom. The van der Waals surface area contributed by atoms with Crippen LogP contribution in [0.3, 0.4) is 0 Å². The van der Waals surface area contributed by atoms with E-state index in [9.17, 15) is 9.59 Å². The van der Waals surface area contributed by atoms with E-state index in [1.165, 1.54) is 5.48 Å². The number of allylic oxidation sites excluding steroid dienone is 4. The Bertz CT molecular complexity index is 803. The zero-order valence-corrected chi connectivity index (χ0v) is 15.9. The molecule has 0 fully saturated rings. The highest BCUT2D eigenvalue weighted by atomic mass is 16.5. The van der Waals surface area contributed by atoms with Gasteiger partial charge in [-0.25, -0.2) is 5.48 Å². The zero-order chi connectivity index (χ0) is 20.5. The number of carbonyl (C=O) groups excluding carboxylic acids is 2. The van der Waals surface area contributed by atoms with Gasteiger partial charge in [-0.1, -0.05) is 43.1 Å². The molecule has 7 nitrogen and oxygen atoms in total. The Morgan fingerprint density at radius 1 is 1.25 bits per heavy atom. The molecular weight excluding hydrogens is 358 g/mol. The second kappa shape index (κ2) is 10.3. The van der Waals surface area contributed by atoms with Crippen LogP contribution in [0.1, 0.15) is 24.2 Å². The van der Waals surface area contributed by atoms with Crippen molar-refractivity contribution in [1.82, 2.24) is 10.8 Å². The van der Waals surface area contributed by atoms with Gasteiger partial charge in [0.05, 0.1) is 0 Å². The molecule has 1 aromatic rings. The standard InChI is InChI=1S/C21H25N3O4/c1-14-6-3-4-7-16(14)8-5-13-28-18-11-9-17(10-12-18)20(25)23-19(15(2)22)21(26)24-27/h3-4,6-7,9-12,14-16,19,27H,13,22H2,1-2H3,(H,23,25)(H,24,26). The van der Waals surface area contributed by atoms with E-state index in [4.69, 9.17) is 15.7 Å². The molecule has 0 aromatic heterocycles. The van der Waals surface area contributed by atoms with E-state index in [0.717, 1.165) is 0 Å². The van der Waals surface area contributed by atoms with Crippen molar-refractivity contribution in [3.8, 4) is 17.6 Å². The molecule has 2 rings (SSSR count). The fraction of sp³-hybridized carbons (Fsp3) is 0.333. The number of ether oxygens (including phenoxy) is 1. The van der Waals surface area contributed by atoms with Crippen molar-refractivity contribution in [3.63, 3.8) is 0 Å². The van der Waals surface area contributed by atoms with Gasteiger partial charge in [0.2, 0.25) is 0 Å². The minimum atomic E-state index is -1.05. The largest absolute Gasteiger partial charge is 0.481 e. The molecule has 4 unspecified atom stereocenters. The summed E-state index contributed by atoms with van der Waals surface area (Å²) in [5.41, 5.74) is 7.50. The summed E-state index contributed by atoms with van der Waals surface area (Å²) in [6.07, 6.45) is 8.19. The van der Waals surface area contributed by atoms with E-state index < -0.39 is 23.9 Å². The summed E-state index contributed by atoms with van der Waals surface area (Å²) < 4.78 is 5.58. The molecule has 1 aliphatic rings. The molecule has 7 heteroatoms. The van der Waals surface area contributed by atoms with E-state index in [1.807, 2.05) is 12.2 Å². The molecule has 0 aliphatic heterocycles. The number of hydrogen-bond acceptors (Lipinski definition) is 5. The van der Waals surface area contributed by atoms with Gasteiger partial charge in [-0.2, -0.15) is 0 Å². The first-order chi connectivity index (χ1) is 13.4. The lowest BCUT2D eigenvalue weighted by Crippen LogP contribution is -2.54. The first-order valence-electron chi connectivity index (χ1n) is 8.99. The molecule has 0 heterocycles. The summed E-state index contributed by atoms with van der Waals surface area (Å²) in [4.78, 5) is 23.8. The molecule has 1 aliphatic carbocycles. The molecule has 0 bridgehead atoms. The second-order valence-electron chi connectivity index (χ2n) is 6.58. The Balaban J connectivity index is 1.89. The second-order valence-corrected chi connectivity index (χ2v) is 6.58. The van der Waals surface area contributed by atoms with Gasteiger partial charge >= 0.3 is 0 Å². The molecule has 1 aromatic carbocycles. The molecule has 148 valence electrons. The lowest BCUT2D eigenvalue weighted by atomic mass is 9.91. The highest BCUT2D eigenvalue weighted by molar-refractivity contribution is 5.97. The van der Waals surface area contributed by atoms with Crippen LogP contribution in [0.25, 0.3) is 0 Å². The molecule has 2 amide bonds. The lowest BCUT2D eigenvalue weighted by Gasteiger charge is -2.20. The van der Waals surface area contributed by atoms with Crippen LogP contribution in [0.15, 0.2) is 48.6 Å². The summed E-state index contributed by atoms with van der Waals surface area (Å²) in [5.74, 6) is 6.07. The van der Waals surface area contributed by atoms with Gasteiger partial charge in [0.15, 0.2) is 0 Å². The average Bonchev–Trinajstić information content (AvgIpc) is 2.70. The Morgan fingerprint density at radius 2 is 1.93 bits per heavy atom. The van der Waals surface area contributed by atoms with Gasteiger partial charge in [0, 0.05) is 17.5 Å². The minimum absolute atomic E-state index is 0.189. The van der Waals surface area contributed by atoms with Crippen molar-refractivity contribution < 1.29 is 19.5 Å². The summed E-state index contributed by atoms with van der Waals surface area (Å²) in [6, 6.07) is 4.72. The van der Waals surface area contributed by atoms with Crippen LogP contribution < -0.4 is 21.3 Å². The maximum atomic E-state index is 12.3. The van der Waals surface area contributed by atoms with Crippen LogP contribution in [0.2, 0.25) is 0 Å². The normalized spacial score (nSPS) is 19.7. The SMILES string of the molecule is CC(N)C(NC(=O)c1ccc(OCC#CC2C=CC=CC2C)cc1)C(=O)NO. The topological polar surface area (TPSA) is 114 Å². The Labute approximate surface area is 164 Å². The molecule has 0 saturated heterocycles. The molecule has 0 spiro atoms. The fourth-order valence-electron chi connectivity index (χ4n) is 2.61. The first kappa shape index (κ1) is 21.2. The van der Waals surface area contributed by atoms with Crippen molar-refractivity contribution in [2.45, 2.75) is 25.9 Å². The van der Waals surface area contributed by atoms with Crippen molar-refractivity contribution in [3.05, 3.63) is 54.1 Å². The Hall–Kier alpha value is -3.08. The van der Waals surface area contributed by atoms with Crippen LogP contribution in [0, 0.1) is 23.7 Å². The van der Waals surface area contributed by atoms with E-state index in [1.54, 1.807) is 31.2 Å². The van der Waals surface area contributed by atoms with E-state index in [-0.39, 0.29) is 12.5 Å². The smallest absolute Gasteiger partial charge is 0.267 e. The summed E-state index contributed by atoms with van der Waals surface area (Å²) >= 11 is 0. The number of carbonyl (C=O) groups is 2. The first-order valence-corrected chi connectivity index (χ1v) is 8.99. The van der Waals surface area contributed by atoms with Gasteiger partial charge in [-0.15, -0.1) is 0 Å². The summed E-state index contributed by atoms with van der Waals surface area (Å²) in [6.45, 7) is 3.91. The highest BCUT2D eigenvalue weighted by Gasteiger charge is 2.24. The predicted molar refractivity (Wildman–Crippen MR) is 105 cm³/mol. The number of hydroxylamine groups is 1.